The number of rotatable bonds is 4. The molecule has 4 unspecified atom stereocenters. The maximum Gasteiger partial charge on any atom is 0.331 e. The Morgan fingerprint density at radius 3 is 2.57 bits per heavy atom. The van der Waals surface area contributed by atoms with E-state index in [0.29, 0.717) is 18.4 Å². The maximum absolute atomic E-state index is 12.6. The molecule has 2 aliphatic carbocycles. The van der Waals surface area contributed by atoms with E-state index in [1.54, 1.807) is 19.1 Å². The van der Waals surface area contributed by atoms with Crippen molar-refractivity contribution in [3.05, 3.63) is 53.6 Å². The number of allylic oxidation sites excluding steroid dienone is 1. The fourth-order valence-electron chi connectivity index (χ4n) is 4.87. The van der Waals surface area contributed by atoms with E-state index in [0.717, 1.165) is 12.0 Å². The van der Waals surface area contributed by atoms with Crippen molar-refractivity contribution < 1.29 is 19.4 Å². The summed E-state index contributed by atoms with van der Waals surface area (Å²) in [5.41, 5.74) is 0.154. The fraction of sp³-hybridized carbons (Fsp3) is 0.500. The Morgan fingerprint density at radius 2 is 1.93 bits per heavy atom. The normalized spacial score (nSPS) is 32.9. The van der Waals surface area contributed by atoms with Crippen molar-refractivity contribution >= 4 is 17.8 Å². The highest BCUT2D eigenvalue weighted by Gasteiger charge is 2.60. The molecule has 2 aliphatic rings. The summed E-state index contributed by atoms with van der Waals surface area (Å²) in [7, 11) is 0. The van der Waals surface area contributed by atoms with Crippen LogP contribution in [0.3, 0.4) is 0 Å². The molecule has 1 fully saturated rings. The van der Waals surface area contributed by atoms with E-state index in [4.69, 9.17) is 4.74 Å². The number of ether oxygens (including phenoxy) is 1. The van der Waals surface area contributed by atoms with E-state index in [2.05, 4.69) is 0 Å². The van der Waals surface area contributed by atoms with E-state index in [9.17, 15) is 14.7 Å². The van der Waals surface area contributed by atoms with Crippen molar-refractivity contribution in [2.24, 2.45) is 17.3 Å². The fourth-order valence-corrected chi connectivity index (χ4v) is 4.87. The summed E-state index contributed by atoms with van der Waals surface area (Å²) >= 11 is 0. The quantitative estimate of drug-likeness (QED) is 0.622. The van der Waals surface area contributed by atoms with Gasteiger partial charge >= 0.3 is 5.97 Å². The molecule has 0 radical (unpaired) electrons. The Balaban J connectivity index is 1.90. The van der Waals surface area contributed by atoms with Crippen molar-refractivity contribution in [1.82, 2.24) is 0 Å². The number of fused-ring (bicyclic) bond motifs is 1. The summed E-state index contributed by atoms with van der Waals surface area (Å²) in [6.45, 7) is 7.79. The molecule has 28 heavy (non-hydrogen) atoms. The summed E-state index contributed by atoms with van der Waals surface area (Å²) in [6.07, 6.45) is 5.97. The monoisotopic (exact) mass is 382 g/mol. The van der Waals surface area contributed by atoms with Crippen molar-refractivity contribution in [3.8, 4) is 0 Å². The first-order chi connectivity index (χ1) is 13.2. The summed E-state index contributed by atoms with van der Waals surface area (Å²) in [4.78, 5) is 25.1. The van der Waals surface area contributed by atoms with E-state index in [1.165, 1.54) is 6.08 Å². The molecule has 150 valence electrons. The van der Waals surface area contributed by atoms with Crippen molar-refractivity contribution in [1.29, 1.82) is 0 Å². The lowest BCUT2D eigenvalue weighted by Crippen LogP contribution is -2.49. The molecule has 0 heterocycles. The summed E-state index contributed by atoms with van der Waals surface area (Å²) in [5, 5.41) is 11.5. The van der Waals surface area contributed by atoms with Gasteiger partial charge in [0.2, 0.25) is 0 Å². The molecule has 1 aromatic carbocycles. The standard InChI is InChI=1S/C24H30O4/c1-16(2)24(27)13-12-23(4)15-19(25)17(3)14-20(22(23)24)28-21(26)11-10-18-8-6-5-7-9-18/h5-11,14,16,20,22,27H,12-13,15H2,1-4H3. The molecule has 3 rings (SSSR count). The molecule has 4 heteroatoms. The van der Waals surface area contributed by atoms with Crippen LogP contribution in [0.25, 0.3) is 6.08 Å². The molecule has 1 saturated carbocycles. The lowest BCUT2D eigenvalue weighted by Gasteiger charge is -2.42. The van der Waals surface area contributed by atoms with Crippen LogP contribution in [0.2, 0.25) is 0 Å². The number of carbonyl (C=O) groups is 2. The number of esters is 1. The van der Waals surface area contributed by atoms with Gasteiger partial charge in [0.25, 0.3) is 0 Å². The van der Waals surface area contributed by atoms with E-state index < -0.39 is 23.1 Å². The number of hydrogen-bond acceptors (Lipinski definition) is 4. The Hall–Kier alpha value is -2.20. The van der Waals surface area contributed by atoms with Gasteiger partial charge in [0, 0.05) is 18.4 Å². The Kier molecular flexibility index (Phi) is 5.62. The lowest BCUT2D eigenvalue weighted by molar-refractivity contribution is -0.155. The predicted octanol–water partition coefficient (Wildman–Crippen LogP) is 4.33. The number of carbonyl (C=O) groups excluding carboxylic acids is 2. The van der Waals surface area contributed by atoms with Crippen LogP contribution in [0.5, 0.6) is 0 Å². The molecule has 0 spiro atoms. The van der Waals surface area contributed by atoms with Crippen LogP contribution in [0.1, 0.15) is 52.5 Å². The van der Waals surface area contributed by atoms with Gasteiger partial charge in [-0.05, 0) is 54.4 Å². The zero-order chi connectivity index (χ0) is 20.5. The molecular weight excluding hydrogens is 352 g/mol. The van der Waals surface area contributed by atoms with Crippen LogP contribution in [0.15, 0.2) is 48.1 Å². The van der Waals surface area contributed by atoms with Gasteiger partial charge in [0.1, 0.15) is 6.10 Å². The number of aliphatic hydroxyl groups is 1. The van der Waals surface area contributed by atoms with Gasteiger partial charge in [-0.3, -0.25) is 4.79 Å². The van der Waals surface area contributed by atoms with Crippen molar-refractivity contribution in [2.45, 2.75) is 58.7 Å². The molecule has 1 N–H and O–H groups in total. The van der Waals surface area contributed by atoms with Gasteiger partial charge in [-0.2, -0.15) is 0 Å². The highest BCUT2D eigenvalue weighted by atomic mass is 16.5. The van der Waals surface area contributed by atoms with Crippen LogP contribution < -0.4 is 0 Å². The third-order valence-corrected chi connectivity index (χ3v) is 6.60. The van der Waals surface area contributed by atoms with Crippen LogP contribution in [-0.4, -0.2) is 28.6 Å². The lowest BCUT2D eigenvalue weighted by atomic mass is 9.68. The molecule has 0 aromatic heterocycles. The first-order valence-corrected chi connectivity index (χ1v) is 10.0. The maximum atomic E-state index is 12.6. The summed E-state index contributed by atoms with van der Waals surface area (Å²) in [6, 6.07) is 9.54. The van der Waals surface area contributed by atoms with Crippen LogP contribution >= 0.6 is 0 Å². The predicted molar refractivity (Wildman–Crippen MR) is 109 cm³/mol. The SMILES string of the molecule is CC1=CC(OC(=O)C=Cc2ccccc2)C2C(C)(CCC2(O)C(C)C)CC1=O. The van der Waals surface area contributed by atoms with Gasteiger partial charge in [-0.15, -0.1) is 0 Å². The molecular formula is C24H30O4. The van der Waals surface area contributed by atoms with Gasteiger partial charge < -0.3 is 9.84 Å². The van der Waals surface area contributed by atoms with E-state index in [1.807, 2.05) is 51.1 Å². The van der Waals surface area contributed by atoms with Gasteiger partial charge in [0.15, 0.2) is 5.78 Å². The molecule has 0 saturated heterocycles. The minimum absolute atomic E-state index is 0.00213. The molecule has 1 aromatic rings. The smallest absolute Gasteiger partial charge is 0.331 e. The molecule has 0 bridgehead atoms. The number of Topliss-reactive ketones (excluding diaryl/α,β-unsaturated/α-hetero) is 1. The third-order valence-electron chi connectivity index (χ3n) is 6.60. The van der Waals surface area contributed by atoms with Crippen LogP contribution in [0.4, 0.5) is 0 Å². The summed E-state index contributed by atoms with van der Waals surface area (Å²) < 4.78 is 5.82. The first kappa shape index (κ1) is 20.5. The van der Waals surface area contributed by atoms with E-state index >= 15 is 0 Å². The van der Waals surface area contributed by atoms with Crippen molar-refractivity contribution in [3.63, 3.8) is 0 Å². The second-order valence-corrected chi connectivity index (χ2v) is 8.87. The van der Waals surface area contributed by atoms with Crippen LogP contribution in [-0.2, 0) is 14.3 Å². The zero-order valence-electron chi connectivity index (χ0n) is 17.1. The Morgan fingerprint density at radius 1 is 1.25 bits per heavy atom. The number of benzene rings is 1. The molecule has 4 nitrogen and oxygen atoms in total. The summed E-state index contributed by atoms with van der Waals surface area (Å²) in [5.74, 6) is -0.704. The first-order valence-electron chi connectivity index (χ1n) is 10.0. The van der Waals surface area contributed by atoms with Gasteiger partial charge in [-0.25, -0.2) is 4.79 Å². The second-order valence-electron chi connectivity index (χ2n) is 8.87. The second kappa shape index (κ2) is 7.67. The highest BCUT2D eigenvalue weighted by molar-refractivity contribution is 5.96. The van der Waals surface area contributed by atoms with Crippen LogP contribution in [0, 0.1) is 17.3 Å². The highest BCUT2D eigenvalue weighted by Crippen LogP contribution is 2.57. The Bertz CT molecular complexity index is 807. The molecule has 0 amide bonds. The number of hydrogen-bond donors (Lipinski definition) is 1. The van der Waals surface area contributed by atoms with Crippen molar-refractivity contribution in [2.75, 3.05) is 0 Å². The van der Waals surface area contributed by atoms with Gasteiger partial charge in [0.05, 0.1) is 5.60 Å². The van der Waals surface area contributed by atoms with E-state index in [-0.39, 0.29) is 17.6 Å². The molecule has 4 atom stereocenters. The zero-order valence-corrected chi connectivity index (χ0v) is 17.1. The van der Waals surface area contributed by atoms with Gasteiger partial charge in [-0.1, -0.05) is 51.1 Å². The average molecular weight is 383 g/mol. The largest absolute Gasteiger partial charge is 0.455 e. The topological polar surface area (TPSA) is 63.6 Å². The minimum atomic E-state index is -0.968. The third kappa shape index (κ3) is 3.83. The molecule has 0 aliphatic heterocycles. The minimum Gasteiger partial charge on any atom is -0.455 e. The number of ketones is 1. The Labute approximate surface area is 167 Å². The average Bonchev–Trinajstić information content (AvgIpc) is 2.87.